The molecule has 3 aromatic rings. The van der Waals surface area contributed by atoms with Crippen molar-refractivity contribution in [3.63, 3.8) is 0 Å². The van der Waals surface area contributed by atoms with Crippen molar-refractivity contribution in [2.24, 2.45) is 0 Å². The van der Waals surface area contributed by atoms with Crippen molar-refractivity contribution in [1.82, 2.24) is 0 Å². The van der Waals surface area contributed by atoms with Crippen LogP contribution in [0.25, 0.3) is 0 Å². The zero-order valence-corrected chi connectivity index (χ0v) is 16.5. The van der Waals surface area contributed by atoms with Gasteiger partial charge in [-0.15, -0.1) is 0 Å². The van der Waals surface area contributed by atoms with Gasteiger partial charge in [-0.2, -0.15) is 0 Å². The SMILES string of the molecule is CCN(C(=O)c1ccccc1NC(=O)CCc1cccc(N)c1)c1ccccc1. The average molecular weight is 387 g/mol. The molecule has 3 N–H and O–H groups in total. The van der Waals surface area contributed by atoms with Crippen molar-refractivity contribution in [2.75, 3.05) is 22.5 Å². The maximum Gasteiger partial charge on any atom is 0.260 e. The first-order chi connectivity index (χ1) is 14.1. The number of nitrogens with one attached hydrogen (secondary N) is 1. The van der Waals surface area contributed by atoms with Gasteiger partial charge in [0.15, 0.2) is 0 Å². The van der Waals surface area contributed by atoms with E-state index in [0.717, 1.165) is 11.3 Å². The minimum absolute atomic E-state index is 0.143. The molecule has 5 heteroatoms. The summed E-state index contributed by atoms with van der Waals surface area (Å²) in [6.07, 6.45) is 0.889. The van der Waals surface area contributed by atoms with Gasteiger partial charge < -0.3 is 16.0 Å². The highest BCUT2D eigenvalue weighted by Gasteiger charge is 2.19. The predicted molar refractivity (Wildman–Crippen MR) is 118 cm³/mol. The third kappa shape index (κ3) is 5.23. The van der Waals surface area contributed by atoms with Crippen molar-refractivity contribution in [3.05, 3.63) is 90.0 Å². The lowest BCUT2D eigenvalue weighted by atomic mass is 10.1. The van der Waals surface area contributed by atoms with Crippen LogP contribution in [0, 0.1) is 0 Å². The second kappa shape index (κ2) is 9.55. The summed E-state index contributed by atoms with van der Waals surface area (Å²) >= 11 is 0. The number of carbonyl (C=O) groups excluding carboxylic acids is 2. The maximum absolute atomic E-state index is 13.2. The van der Waals surface area contributed by atoms with Gasteiger partial charge in [0.25, 0.3) is 5.91 Å². The molecule has 148 valence electrons. The molecule has 3 rings (SSSR count). The van der Waals surface area contributed by atoms with Crippen LogP contribution in [-0.4, -0.2) is 18.4 Å². The largest absolute Gasteiger partial charge is 0.399 e. The number of para-hydroxylation sites is 2. The van der Waals surface area contributed by atoms with Gasteiger partial charge in [-0.25, -0.2) is 0 Å². The monoisotopic (exact) mass is 387 g/mol. The Balaban J connectivity index is 1.72. The third-order valence-electron chi connectivity index (χ3n) is 4.65. The van der Waals surface area contributed by atoms with Crippen LogP contribution in [0.4, 0.5) is 17.1 Å². The summed E-state index contributed by atoms with van der Waals surface area (Å²) in [5.41, 5.74) is 9.28. The number of hydrogen-bond acceptors (Lipinski definition) is 3. The molecule has 0 saturated heterocycles. The molecule has 0 saturated carbocycles. The summed E-state index contributed by atoms with van der Waals surface area (Å²) in [5, 5.41) is 2.89. The molecule has 0 unspecified atom stereocenters. The fourth-order valence-corrected chi connectivity index (χ4v) is 3.19. The standard InChI is InChI=1S/C24H25N3O2/c1-2-27(20-11-4-3-5-12-20)24(29)21-13-6-7-14-22(21)26-23(28)16-15-18-9-8-10-19(25)17-18/h3-14,17H,2,15-16,25H2,1H3,(H,26,28). The van der Waals surface area contributed by atoms with Crippen molar-refractivity contribution < 1.29 is 9.59 Å². The topological polar surface area (TPSA) is 75.4 Å². The van der Waals surface area contributed by atoms with E-state index < -0.39 is 0 Å². The second-order valence-corrected chi connectivity index (χ2v) is 6.72. The molecular formula is C24H25N3O2. The Morgan fingerprint density at radius 1 is 0.931 bits per heavy atom. The van der Waals surface area contributed by atoms with E-state index in [2.05, 4.69) is 5.32 Å². The first kappa shape index (κ1) is 20.1. The van der Waals surface area contributed by atoms with Gasteiger partial charge in [0.1, 0.15) is 0 Å². The molecule has 0 atom stereocenters. The number of carbonyl (C=O) groups is 2. The number of rotatable bonds is 7. The lowest BCUT2D eigenvalue weighted by Crippen LogP contribution is -2.31. The van der Waals surface area contributed by atoms with Gasteiger partial charge in [0.2, 0.25) is 5.91 Å². The number of benzene rings is 3. The first-order valence-electron chi connectivity index (χ1n) is 9.68. The fourth-order valence-electron chi connectivity index (χ4n) is 3.19. The molecule has 0 aliphatic heterocycles. The average Bonchev–Trinajstić information content (AvgIpc) is 2.74. The summed E-state index contributed by atoms with van der Waals surface area (Å²) in [6.45, 7) is 2.46. The molecular weight excluding hydrogens is 362 g/mol. The zero-order chi connectivity index (χ0) is 20.6. The Hall–Kier alpha value is -3.60. The van der Waals surface area contributed by atoms with Crippen LogP contribution in [0.1, 0.15) is 29.3 Å². The molecule has 29 heavy (non-hydrogen) atoms. The smallest absolute Gasteiger partial charge is 0.260 e. The molecule has 0 radical (unpaired) electrons. The highest BCUT2D eigenvalue weighted by Crippen LogP contribution is 2.22. The molecule has 0 aliphatic carbocycles. The first-order valence-corrected chi connectivity index (χ1v) is 9.68. The third-order valence-corrected chi connectivity index (χ3v) is 4.65. The van der Waals surface area contributed by atoms with Gasteiger partial charge in [-0.05, 0) is 55.3 Å². The van der Waals surface area contributed by atoms with E-state index in [0.29, 0.717) is 36.3 Å². The van der Waals surface area contributed by atoms with E-state index in [4.69, 9.17) is 5.73 Å². The van der Waals surface area contributed by atoms with E-state index in [1.807, 2.05) is 67.6 Å². The van der Waals surface area contributed by atoms with E-state index in [1.54, 1.807) is 23.1 Å². The number of nitrogens with zero attached hydrogens (tertiary/aromatic N) is 1. The molecule has 2 amide bonds. The Morgan fingerprint density at radius 3 is 2.38 bits per heavy atom. The number of hydrogen-bond donors (Lipinski definition) is 2. The summed E-state index contributed by atoms with van der Waals surface area (Å²) in [4.78, 5) is 27.3. The Labute approximate surface area is 171 Å². The number of nitrogen functional groups attached to an aromatic ring is 1. The Kier molecular flexibility index (Phi) is 6.63. The fraction of sp³-hybridized carbons (Fsp3) is 0.167. The molecule has 0 bridgehead atoms. The van der Waals surface area contributed by atoms with Crippen molar-refractivity contribution >= 4 is 28.9 Å². The van der Waals surface area contributed by atoms with E-state index >= 15 is 0 Å². The summed E-state index contributed by atoms with van der Waals surface area (Å²) in [7, 11) is 0. The van der Waals surface area contributed by atoms with Crippen LogP contribution in [0.5, 0.6) is 0 Å². The van der Waals surface area contributed by atoms with E-state index in [1.165, 1.54) is 0 Å². The molecule has 0 fully saturated rings. The molecule has 3 aromatic carbocycles. The van der Waals surface area contributed by atoms with Crippen molar-refractivity contribution in [3.8, 4) is 0 Å². The summed E-state index contributed by atoms with van der Waals surface area (Å²) in [6, 6.07) is 24.1. The molecule has 0 aromatic heterocycles. The van der Waals surface area contributed by atoms with Crippen LogP contribution in [-0.2, 0) is 11.2 Å². The Bertz CT molecular complexity index is 986. The Morgan fingerprint density at radius 2 is 1.66 bits per heavy atom. The number of anilines is 3. The molecule has 0 spiro atoms. The normalized spacial score (nSPS) is 10.4. The van der Waals surface area contributed by atoms with Crippen LogP contribution < -0.4 is 16.0 Å². The van der Waals surface area contributed by atoms with E-state index in [-0.39, 0.29) is 11.8 Å². The minimum atomic E-state index is -0.148. The highest BCUT2D eigenvalue weighted by atomic mass is 16.2. The number of aryl methyl sites for hydroxylation is 1. The predicted octanol–water partition coefficient (Wildman–Crippen LogP) is 4.51. The van der Waals surface area contributed by atoms with Gasteiger partial charge in [0.05, 0.1) is 11.3 Å². The summed E-state index contributed by atoms with van der Waals surface area (Å²) < 4.78 is 0. The number of amides is 2. The van der Waals surface area contributed by atoms with Crippen LogP contribution in [0.3, 0.4) is 0 Å². The van der Waals surface area contributed by atoms with Crippen LogP contribution in [0.15, 0.2) is 78.9 Å². The highest BCUT2D eigenvalue weighted by molar-refractivity contribution is 6.11. The number of nitrogens with two attached hydrogens (primary N) is 1. The maximum atomic E-state index is 13.2. The lowest BCUT2D eigenvalue weighted by Gasteiger charge is -2.22. The van der Waals surface area contributed by atoms with Crippen LogP contribution >= 0.6 is 0 Å². The second-order valence-electron chi connectivity index (χ2n) is 6.72. The van der Waals surface area contributed by atoms with Gasteiger partial charge in [0, 0.05) is 24.3 Å². The zero-order valence-electron chi connectivity index (χ0n) is 16.5. The van der Waals surface area contributed by atoms with Crippen molar-refractivity contribution in [2.45, 2.75) is 19.8 Å². The van der Waals surface area contributed by atoms with E-state index in [9.17, 15) is 9.59 Å². The molecule has 0 aliphatic rings. The minimum Gasteiger partial charge on any atom is -0.399 e. The summed E-state index contributed by atoms with van der Waals surface area (Å²) in [5.74, 6) is -0.291. The van der Waals surface area contributed by atoms with Crippen molar-refractivity contribution in [1.29, 1.82) is 0 Å². The quantitative estimate of drug-likeness (QED) is 0.586. The van der Waals surface area contributed by atoms with Gasteiger partial charge >= 0.3 is 0 Å². The van der Waals surface area contributed by atoms with Gasteiger partial charge in [-0.1, -0.05) is 42.5 Å². The van der Waals surface area contributed by atoms with Crippen LogP contribution in [0.2, 0.25) is 0 Å². The van der Waals surface area contributed by atoms with Gasteiger partial charge in [-0.3, -0.25) is 9.59 Å². The lowest BCUT2D eigenvalue weighted by molar-refractivity contribution is -0.116. The molecule has 0 heterocycles. The molecule has 5 nitrogen and oxygen atoms in total.